The molecule has 0 aliphatic carbocycles. The molecule has 0 unspecified atom stereocenters. The Morgan fingerprint density at radius 1 is 1.00 bits per heavy atom. The van der Waals surface area contributed by atoms with Crippen molar-refractivity contribution in [3.8, 4) is 0 Å². The third kappa shape index (κ3) is 3.81. The van der Waals surface area contributed by atoms with Gasteiger partial charge in [-0.3, -0.25) is 0 Å². The number of halogens is 2. The molecule has 5 heteroatoms. The minimum absolute atomic E-state index is 0.0840. The quantitative estimate of drug-likeness (QED) is 0.876. The van der Waals surface area contributed by atoms with E-state index < -0.39 is 17.7 Å². The SMILES string of the molecule is Cc1cc(C)c(NC(=O)NCc2cc(F)ccc2F)cc1C. The molecule has 0 aromatic heterocycles. The van der Waals surface area contributed by atoms with E-state index in [-0.39, 0.29) is 12.1 Å². The first-order valence-electron chi connectivity index (χ1n) is 6.93. The van der Waals surface area contributed by atoms with Gasteiger partial charge < -0.3 is 10.6 Å². The number of amides is 2. The molecular formula is C17H18F2N2O. The van der Waals surface area contributed by atoms with Crippen molar-refractivity contribution in [2.24, 2.45) is 0 Å². The number of rotatable bonds is 3. The first-order valence-corrected chi connectivity index (χ1v) is 6.93. The third-order valence-corrected chi connectivity index (χ3v) is 3.54. The number of urea groups is 1. The van der Waals surface area contributed by atoms with Crippen LogP contribution in [0.2, 0.25) is 0 Å². The fraction of sp³-hybridized carbons (Fsp3) is 0.235. The van der Waals surface area contributed by atoms with Crippen molar-refractivity contribution in [2.45, 2.75) is 27.3 Å². The fourth-order valence-corrected chi connectivity index (χ4v) is 2.12. The van der Waals surface area contributed by atoms with Crippen LogP contribution in [0.3, 0.4) is 0 Å². The Hall–Kier alpha value is -2.43. The first-order chi connectivity index (χ1) is 10.4. The highest BCUT2D eigenvalue weighted by molar-refractivity contribution is 5.90. The highest BCUT2D eigenvalue weighted by Gasteiger charge is 2.08. The number of carbonyl (C=O) groups excluding carboxylic acids is 1. The molecule has 0 radical (unpaired) electrons. The van der Waals surface area contributed by atoms with Crippen LogP contribution in [0.25, 0.3) is 0 Å². The molecule has 2 aromatic carbocycles. The van der Waals surface area contributed by atoms with Crippen LogP contribution in [-0.2, 0) is 6.54 Å². The second-order valence-corrected chi connectivity index (χ2v) is 5.29. The van der Waals surface area contributed by atoms with E-state index >= 15 is 0 Å². The maximum Gasteiger partial charge on any atom is 0.319 e. The molecule has 116 valence electrons. The predicted octanol–water partition coefficient (Wildman–Crippen LogP) is 4.21. The lowest BCUT2D eigenvalue weighted by Crippen LogP contribution is -2.29. The lowest BCUT2D eigenvalue weighted by atomic mass is 10.1. The van der Waals surface area contributed by atoms with Crippen LogP contribution >= 0.6 is 0 Å². The number of aryl methyl sites for hydroxylation is 3. The zero-order valence-corrected chi connectivity index (χ0v) is 12.8. The van der Waals surface area contributed by atoms with Crippen LogP contribution in [0.4, 0.5) is 19.3 Å². The molecule has 0 bridgehead atoms. The molecule has 0 atom stereocenters. The lowest BCUT2D eigenvalue weighted by molar-refractivity contribution is 0.251. The van der Waals surface area contributed by atoms with Gasteiger partial charge in [0.15, 0.2) is 0 Å². The average molecular weight is 304 g/mol. The molecule has 3 nitrogen and oxygen atoms in total. The van der Waals surface area contributed by atoms with Gasteiger partial charge >= 0.3 is 6.03 Å². The number of nitrogens with one attached hydrogen (secondary N) is 2. The maximum absolute atomic E-state index is 13.5. The Balaban J connectivity index is 2.02. The zero-order chi connectivity index (χ0) is 16.3. The van der Waals surface area contributed by atoms with Gasteiger partial charge in [0.25, 0.3) is 0 Å². The molecule has 22 heavy (non-hydrogen) atoms. The van der Waals surface area contributed by atoms with Crippen molar-refractivity contribution in [1.82, 2.24) is 5.32 Å². The number of benzene rings is 2. The summed E-state index contributed by atoms with van der Waals surface area (Å²) in [6.45, 7) is 5.77. The Morgan fingerprint density at radius 2 is 1.68 bits per heavy atom. The summed E-state index contributed by atoms with van der Waals surface area (Å²) in [5, 5.41) is 5.24. The molecule has 2 N–H and O–H groups in total. The van der Waals surface area contributed by atoms with Crippen LogP contribution < -0.4 is 10.6 Å². The Labute approximate surface area is 128 Å². The normalized spacial score (nSPS) is 10.4. The van der Waals surface area contributed by atoms with Crippen molar-refractivity contribution < 1.29 is 13.6 Å². The van der Waals surface area contributed by atoms with Gasteiger partial charge in [-0.05, 0) is 61.7 Å². The number of hydrogen-bond acceptors (Lipinski definition) is 1. The van der Waals surface area contributed by atoms with E-state index in [9.17, 15) is 13.6 Å². The average Bonchev–Trinajstić information content (AvgIpc) is 2.45. The summed E-state index contributed by atoms with van der Waals surface area (Å²) in [6, 6.07) is 6.55. The molecule has 0 aliphatic rings. The van der Waals surface area contributed by atoms with Gasteiger partial charge in [-0.15, -0.1) is 0 Å². The van der Waals surface area contributed by atoms with E-state index in [2.05, 4.69) is 10.6 Å². The van der Waals surface area contributed by atoms with Gasteiger partial charge in [-0.2, -0.15) is 0 Å². The zero-order valence-electron chi connectivity index (χ0n) is 12.8. The largest absolute Gasteiger partial charge is 0.334 e. The van der Waals surface area contributed by atoms with E-state index in [1.807, 2.05) is 32.9 Å². The summed E-state index contributed by atoms with van der Waals surface area (Å²) in [7, 11) is 0. The second-order valence-electron chi connectivity index (χ2n) is 5.29. The van der Waals surface area contributed by atoms with E-state index in [0.717, 1.165) is 34.9 Å². The van der Waals surface area contributed by atoms with E-state index in [1.54, 1.807) is 0 Å². The van der Waals surface area contributed by atoms with Crippen LogP contribution in [-0.4, -0.2) is 6.03 Å². The summed E-state index contributed by atoms with van der Waals surface area (Å²) in [5.74, 6) is -1.09. The van der Waals surface area contributed by atoms with Crippen molar-refractivity contribution in [2.75, 3.05) is 5.32 Å². The maximum atomic E-state index is 13.5. The lowest BCUT2D eigenvalue weighted by Gasteiger charge is -2.12. The highest BCUT2D eigenvalue weighted by Crippen LogP contribution is 2.20. The highest BCUT2D eigenvalue weighted by atomic mass is 19.1. The summed E-state index contributed by atoms with van der Waals surface area (Å²) in [4.78, 5) is 11.9. The predicted molar refractivity (Wildman–Crippen MR) is 82.9 cm³/mol. The van der Waals surface area contributed by atoms with Crippen molar-refractivity contribution in [1.29, 1.82) is 0 Å². The van der Waals surface area contributed by atoms with E-state index in [4.69, 9.17) is 0 Å². The fourth-order valence-electron chi connectivity index (χ4n) is 2.12. The van der Waals surface area contributed by atoms with Crippen molar-refractivity contribution >= 4 is 11.7 Å². The minimum Gasteiger partial charge on any atom is -0.334 e. The molecule has 2 aromatic rings. The van der Waals surface area contributed by atoms with Crippen molar-refractivity contribution in [3.05, 3.63) is 64.2 Å². The summed E-state index contributed by atoms with van der Waals surface area (Å²) < 4.78 is 26.5. The third-order valence-electron chi connectivity index (χ3n) is 3.54. The molecule has 0 fully saturated rings. The minimum atomic E-state index is -0.552. The van der Waals surface area contributed by atoms with Crippen LogP contribution in [0.15, 0.2) is 30.3 Å². The summed E-state index contributed by atoms with van der Waals surface area (Å²) in [5.41, 5.74) is 3.95. The van der Waals surface area contributed by atoms with Crippen LogP contribution in [0, 0.1) is 32.4 Å². The molecule has 0 heterocycles. The molecule has 0 aliphatic heterocycles. The summed E-state index contributed by atoms with van der Waals surface area (Å²) >= 11 is 0. The summed E-state index contributed by atoms with van der Waals surface area (Å²) in [6.07, 6.45) is 0. The van der Waals surface area contributed by atoms with Gasteiger partial charge in [0, 0.05) is 17.8 Å². The number of anilines is 1. The van der Waals surface area contributed by atoms with Gasteiger partial charge in [0.2, 0.25) is 0 Å². The smallest absolute Gasteiger partial charge is 0.319 e. The standard InChI is InChI=1S/C17H18F2N2O/c1-10-6-12(3)16(7-11(10)2)21-17(22)20-9-13-8-14(18)4-5-15(13)19/h4-8H,9H2,1-3H3,(H2,20,21,22). The topological polar surface area (TPSA) is 41.1 Å². The van der Waals surface area contributed by atoms with Gasteiger partial charge in [-0.25, -0.2) is 13.6 Å². The van der Waals surface area contributed by atoms with Crippen LogP contribution in [0.1, 0.15) is 22.3 Å². The Morgan fingerprint density at radius 3 is 2.41 bits per heavy atom. The molecule has 2 amide bonds. The second kappa shape index (κ2) is 6.56. The Bertz CT molecular complexity index is 714. The molecule has 2 rings (SSSR count). The van der Waals surface area contributed by atoms with Gasteiger partial charge in [0.05, 0.1) is 0 Å². The molecule has 0 saturated heterocycles. The van der Waals surface area contributed by atoms with Gasteiger partial charge in [0.1, 0.15) is 11.6 Å². The van der Waals surface area contributed by atoms with E-state index in [0.29, 0.717) is 5.69 Å². The number of hydrogen-bond donors (Lipinski definition) is 2. The first kappa shape index (κ1) is 15.9. The monoisotopic (exact) mass is 304 g/mol. The molecular weight excluding hydrogens is 286 g/mol. The van der Waals surface area contributed by atoms with Crippen LogP contribution in [0.5, 0.6) is 0 Å². The van der Waals surface area contributed by atoms with Gasteiger partial charge in [-0.1, -0.05) is 6.07 Å². The molecule has 0 spiro atoms. The van der Waals surface area contributed by atoms with Crippen molar-refractivity contribution in [3.63, 3.8) is 0 Å². The Kier molecular flexibility index (Phi) is 4.75. The van der Waals surface area contributed by atoms with E-state index in [1.165, 1.54) is 0 Å². The number of carbonyl (C=O) groups is 1. The molecule has 0 saturated carbocycles.